The van der Waals surface area contributed by atoms with Gasteiger partial charge in [-0.1, -0.05) is 53.6 Å². The van der Waals surface area contributed by atoms with Gasteiger partial charge in [-0.3, -0.25) is 19.6 Å². The lowest BCUT2D eigenvalue weighted by Crippen LogP contribution is -2.47. The molecule has 0 radical (unpaired) electrons. The van der Waals surface area contributed by atoms with Gasteiger partial charge in [0, 0.05) is 17.4 Å². The molecule has 1 amide bonds. The van der Waals surface area contributed by atoms with Crippen LogP contribution in [0.4, 0.5) is 32.0 Å². The highest BCUT2D eigenvalue weighted by atomic mass is 32.2. The Morgan fingerprint density at radius 1 is 0.878 bits per heavy atom. The molecule has 2 heterocycles. The van der Waals surface area contributed by atoms with E-state index in [1.54, 1.807) is 26.0 Å². The number of aromatic nitrogens is 1. The topological polar surface area (TPSA) is 109 Å². The van der Waals surface area contributed by atoms with E-state index in [1.807, 2.05) is 38.1 Å². The predicted octanol–water partition coefficient (Wildman–Crippen LogP) is 7.92. The van der Waals surface area contributed by atoms with Crippen molar-refractivity contribution in [2.45, 2.75) is 69.2 Å². The summed E-state index contributed by atoms with van der Waals surface area (Å²) in [7, 11) is -4.02. The van der Waals surface area contributed by atoms with Crippen LogP contribution in [0.25, 0.3) is 0 Å². The molecule has 2 atom stereocenters. The first-order valence-electron chi connectivity index (χ1n) is 14.7. The molecular formula is C34H33F6N3O5S. The Morgan fingerprint density at radius 2 is 1.51 bits per heavy atom. The van der Waals surface area contributed by atoms with Crippen LogP contribution in [-0.2, 0) is 26.6 Å². The van der Waals surface area contributed by atoms with E-state index in [2.05, 4.69) is 15.0 Å². The van der Waals surface area contributed by atoms with Crippen LogP contribution in [0.5, 0.6) is 5.75 Å². The molecule has 1 saturated heterocycles. The number of nitrogens with one attached hydrogen (secondary N) is 1. The van der Waals surface area contributed by atoms with E-state index < -0.39 is 51.7 Å². The number of benzene rings is 3. The molecule has 5 rings (SSSR count). The van der Waals surface area contributed by atoms with E-state index in [9.17, 15) is 39.6 Å². The number of halogens is 6. The lowest BCUT2D eigenvalue weighted by Gasteiger charge is -2.30. The summed E-state index contributed by atoms with van der Waals surface area (Å²) in [6.45, 7) is 7.22. The van der Waals surface area contributed by atoms with Crippen molar-refractivity contribution in [1.82, 2.24) is 10.3 Å². The number of hydrogen-bond acceptors (Lipinski definition) is 6. The molecule has 49 heavy (non-hydrogen) atoms. The Labute approximate surface area is 279 Å². The van der Waals surface area contributed by atoms with Gasteiger partial charge in [-0.2, -0.15) is 21.6 Å². The number of ether oxygens (including phenoxy) is 1. The van der Waals surface area contributed by atoms with Gasteiger partial charge in [-0.25, -0.2) is 0 Å². The number of rotatable bonds is 7. The lowest BCUT2D eigenvalue weighted by molar-refractivity contribution is -0.274. The lowest BCUT2D eigenvalue weighted by atomic mass is 9.93. The third kappa shape index (κ3) is 9.80. The minimum atomic E-state index is -4.84. The summed E-state index contributed by atoms with van der Waals surface area (Å²) in [5.74, 6) is -0.737. The highest BCUT2D eigenvalue weighted by molar-refractivity contribution is 7.85. The quantitative estimate of drug-likeness (QED) is 0.148. The second-order valence-electron chi connectivity index (χ2n) is 12.0. The van der Waals surface area contributed by atoms with E-state index in [0.717, 1.165) is 41.1 Å². The maximum atomic E-state index is 13.7. The molecule has 0 saturated carbocycles. The summed E-state index contributed by atoms with van der Waals surface area (Å²) in [5, 5.41) is 3.25. The monoisotopic (exact) mass is 709 g/mol. The molecule has 0 bridgehead atoms. The van der Waals surface area contributed by atoms with Crippen LogP contribution in [0.3, 0.4) is 0 Å². The van der Waals surface area contributed by atoms with Gasteiger partial charge in [0.1, 0.15) is 11.4 Å². The van der Waals surface area contributed by atoms with Crippen molar-refractivity contribution in [3.63, 3.8) is 0 Å². The van der Waals surface area contributed by atoms with Gasteiger partial charge in [0.2, 0.25) is 5.91 Å². The average molecular weight is 710 g/mol. The smallest absolute Gasteiger partial charge is 0.406 e. The predicted molar refractivity (Wildman–Crippen MR) is 169 cm³/mol. The summed E-state index contributed by atoms with van der Waals surface area (Å²) < 4.78 is 110. The first kappa shape index (κ1) is 37.4. The van der Waals surface area contributed by atoms with Crippen molar-refractivity contribution < 1.29 is 48.8 Å². The molecule has 8 nitrogen and oxygen atoms in total. The highest BCUT2D eigenvalue weighted by Crippen LogP contribution is 2.40. The molecule has 2 N–H and O–H groups in total. The number of carbonyl (C=O) groups is 1. The van der Waals surface area contributed by atoms with Crippen molar-refractivity contribution in [3.8, 4) is 5.75 Å². The van der Waals surface area contributed by atoms with Gasteiger partial charge in [0.05, 0.1) is 17.0 Å². The van der Waals surface area contributed by atoms with E-state index in [1.165, 1.54) is 35.2 Å². The van der Waals surface area contributed by atoms with Gasteiger partial charge in [-0.05, 0) is 87.7 Å². The van der Waals surface area contributed by atoms with Crippen LogP contribution in [-0.4, -0.2) is 36.3 Å². The number of alkyl halides is 6. The molecule has 15 heteroatoms. The summed E-state index contributed by atoms with van der Waals surface area (Å²) in [5.41, 5.74) is 1.67. The van der Waals surface area contributed by atoms with Crippen LogP contribution in [0.1, 0.15) is 54.3 Å². The summed E-state index contributed by atoms with van der Waals surface area (Å²) in [6.07, 6.45) is -7.96. The molecule has 0 spiro atoms. The average Bonchev–Trinajstić information content (AvgIpc) is 3.31. The molecule has 262 valence electrons. The van der Waals surface area contributed by atoms with E-state index >= 15 is 0 Å². The Hall–Kier alpha value is -4.47. The SMILES string of the molecule is Cc1ccc(S(=O)(=O)O)cc1.Cc1cccc([C@@H]2C[C@H](NC(C)(C)c3ccc(C(F)(F)F)nc3)C(=O)N2c2ccc(OC(F)(F)F)cc2)c1. The third-order valence-electron chi connectivity index (χ3n) is 7.71. The Balaban J connectivity index is 0.000000418. The second-order valence-corrected chi connectivity index (χ2v) is 13.4. The molecule has 1 aliphatic heterocycles. The van der Waals surface area contributed by atoms with E-state index in [0.29, 0.717) is 17.7 Å². The Kier molecular flexibility index (Phi) is 10.8. The Bertz CT molecular complexity index is 1860. The highest BCUT2D eigenvalue weighted by Gasteiger charge is 2.44. The molecule has 1 fully saturated rings. The molecule has 0 aliphatic carbocycles. The summed E-state index contributed by atoms with van der Waals surface area (Å²) in [4.78, 5) is 18.6. The summed E-state index contributed by atoms with van der Waals surface area (Å²) >= 11 is 0. The van der Waals surface area contributed by atoms with Crippen molar-refractivity contribution in [2.24, 2.45) is 0 Å². The van der Waals surface area contributed by atoms with Crippen LogP contribution in [0.2, 0.25) is 0 Å². The van der Waals surface area contributed by atoms with Crippen molar-refractivity contribution in [2.75, 3.05) is 4.90 Å². The number of anilines is 1. The zero-order valence-corrected chi connectivity index (χ0v) is 27.5. The second kappa shape index (κ2) is 14.2. The standard InChI is InChI=1S/C27H25F6N3O2.C7H8O3S/c1-16-5-4-6-17(13-16)22-14-21(35-25(2,3)18-7-12-23(34-15-18)26(28,29)30)24(37)36(22)19-8-10-20(11-9-19)38-27(31,32)33;1-6-2-4-7(5-3-6)11(8,9)10/h4-13,15,21-22,35H,14H2,1-3H3;2-5H,1H3,(H,8,9,10)/t21-,22-;/m0./s1. The van der Waals surface area contributed by atoms with E-state index in [4.69, 9.17) is 4.55 Å². The van der Waals surface area contributed by atoms with Crippen molar-refractivity contribution in [3.05, 3.63) is 119 Å². The van der Waals surface area contributed by atoms with Gasteiger partial charge < -0.3 is 9.64 Å². The van der Waals surface area contributed by atoms with Gasteiger partial charge in [0.15, 0.2) is 0 Å². The maximum absolute atomic E-state index is 13.7. The zero-order chi connectivity index (χ0) is 36.4. The fourth-order valence-electron chi connectivity index (χ4n) is 5.31. The van der Waals surface area contributed by atoms with Crippen LogP contribution < -0.4 is 15.0 Å². The molecule has 3 aromatic carbocycles. The first-order chi connectivity index (χ1) is 22.6. The van der Waals surface area contributed by atoms with Gasteiger partial charge in [-0.15, -0.1) is 13.2 Å². The first-order valence-corrected chi connectivity index (χ1v) is 16.2. The minimum Gasteiger partial charge on any atom is -0.406 e. The molecule has 1 aromatic heterocycles. The van der Waals surface area contributed by atoms with Crippen LogP contribution in [0.15, 0.2) is 96.0 Å². The van der Waals surface area contributed by atoms with Crippen molar-refractivity contribution >= 4 is 21.7 Å². The molecular weight excluding hydrogens is 676 g/mol. The maximum Gasteiger partial charge on any atom is 0.573 e. The normalized spacial score (nSPS) is 17.0. The zero-order valence-electron chi connectivity index (χ0n) is 26.7. The number of aryl methyl sites for hydroxylation is 2. The van der Waals surface area contributed by atoms with Gasteiger partial charge in [0.25, 0.3) is 10.1 Å². The fourth-order valence-corrected chi connectivity index (χ4v) is 5.79. The summed E-state index contributed by atoms with van der Waals surface area (Å²) in [6, 6.07) is 19.6. The van der Waals surface area contributed by atoms with Crippen molar-refractivity contribution in [1.29, 1.82) is 0 Å². The van der Waals surface area contributed by atoms with Crippen LogP contribution >= 0.6 is 0 Å². The number of nitrogens with zero attached hydrogens (tertiary/aromatic N) is 2. The number of amides is 1. The largest absolute Gasteiger partial charge is 0.573 e. The molecule has 1 aliphatic rings. The number of hydrogen-bond donors (Lipinski definition) is 2. The number of carbonyl (C=O) groups excluding carboxylic acids is 1. The minimum absolute atomic E-state index is 0.0666. The third-order valence-corrected chi connectivity index (χ3v) is 8.58. The van der Waals surface area contributed by atoms with Crippen LogP contribution in [0, 0.1) is 13.8 Å². The fraction of sp³-hybridized carbons (Fsp3) is 0.294. The van der Waals surface area contributed by atoms with Gasteiger partial charge >= 0.3 is 12.5 Å². The Morgan fingerprint density at radius 3 is 2.02 bits per heavy atom. The number of pyridine rings is 1. The van der Waals surface area contributed by atoms with E-state index in [-0.39, 0.29) is 10.8 Å². The molecule has 4 aromatic rings. The molecule has 0 unspecified atom stereocenters.